The number of carbonyl (C=O) groups is 2. The zero-order chi connectivity index (χ0) is 30.9. The van der Waals surface area contributed by atoms with Crippen molar-refractivity contribution in [1.82, 2.24) is 19.8 Å². The summed E-state index contributed by atoms with van der Waals surface area (Å²) in [6, 6.07) is 30.9. The number of nitrogens with one attached hydrogen (secondary N) is 1. The number of rotatable bonds is 12. The van der Waals surface area contributed by atoms with Gasteiger partial charge >= 0.3 is 6.09 Å². The number of aromatic nitrogens is 2. The molecule has 1 saturated heterocycles. The standard InChI is InChI=1S/C37H44N4O3/c1-3-28-23-25-40(26-24-28)35(42)33(39-36(43)44)22-14-21-32-34(4-2)41(27-38-32)37(29-15-8-5-9-16-29,30-17-10-6-11-18-30)31-19-12-7-13-20-31/h5-13,15-20,27-28,33,39H,3-4,14,21-26H2,1-2H3,(H,43,44)/t33-/m0/s1. The second-order valence-corrected chi connectivity index (χ2v) is 11.7. The van der Waals surface area contributed by atoms with Crippen LogP contribution >= 0.6 is 0 Å². The van der Waals surface area contributed by atoms with Crippen LogP contribution in [-0.4, -0.2) is 50.7 Å². The van der Waals surface area contributed by atoms with Crippen molar-refractivity contribution in [2.45, 2.75) is 70.4 Å². The van der Waals surface area contributed by atoms with Crippen LogP contribution < -0.4 is 5.32 Å². The van der Waals surface area contributed by atoms with Crippen LogP contribution in [0.3, 0.4) is 0 Å². The van der Waals surface area contributed by atoms with E-state index in [-0.39, 0.29) is 5.91 Å². The van der Waals surface area contributed by atoms with Crippen molar-refractivity contribution >= 4 is 12.0 Å². The largest absolute Gasteiger partial charge is 0.465 e. The van der Waals surface area contributed by atoms with Crippen molar-refractivity contribution in [3.05, 3.63) is 125 Å². The monoisotopic (exact) mass is 592 g/mol. The molecule has 3 aromatic carbocycles. The van der Waals surface area contributed by atoms with Gasteiger partial charge in [-0.3, -0.25) is 4.79 Å². The van der Waals surface area contributed by atoms with Gasteiger partial charge in [0.05, 0.1) is 12.0 Å². The molecule has 1 fully saturated rings. The smallest absolute Gasteiger partial charge is 0.405 e. The van der Waals surface area contributed by atoms with E-state index >= 15 is 0 Å². The molecule has 0 radical (unpaired) electrons. The normalized spacial score (nSPS) is 14.7. The van der Waals surface area contributed by atoms with Crippen molar-refractivity contribution in [2.24, 2.45) is 5.92 Å². The van der Waals surface area contributed by atoms with Gasteiger partial charge in [-0.1, -0.05) is 111 Å². The molecule has 1 aliphatic rings. The highest BCUT2D eigenvalue weighted by molar-refractivity contribution is 5.85. The summed E-state index contributed by atoms with van der Waals surface area (Å²) in [5.74, 6) is 0.529. The summed E-state index contributed by atoms with van der Waals surface area (Å²) in [6.45, 7) is 5.73. The Morgan fingerprint density at radius 2 is 1.41 bits per heavy atom. The van der Waals surface area contributed by atoms with Crippen LogP contribution in [0.25, 0.3) is 0 Å². The molecule has 2 N–H and O–H groups in total. The van der Waals surface area contributed by atoms with E-state index in [1.807, 2.05) is 29.4 Å². The van der Waals surface area contributed by atoms with Crippen LogP contribution in [-0.2, 0) is 23.2 Å². The number of aryl methyl sites for hydroxylation is 1. The minimum absolute atomic E-state index is 0.112. The summed E-state index contributed by atoms with van der Waals surface area (Å²) in [5.41, 5.74) is 4.87. The molecule has 0 saturated carbocycles. The number of likely N-dealkylation sites (tertiary alicyclic amines) is 1. The molecule has 1 aromatic heterocycles. The maximum Gasteiger partial charge on any atom is 0.405 e. The fourth-order valence-electron chi connectivity index (χ4n) is 6.90. The Labute approximate surface area is 261 Å². The van der Waals surface area contributed by atoms with E-state index in [4.69, 9.17) is 4.98 Å². The van der Waals surface area contributed by atoms with E-state index in [9.17, 15) is 14.7 Å². The maximum absolute atomic E-state index is 13.4. The van der Waals surface area contributed by atoms with Gasteiger partial charge in [-0.05, 0) is 61.1 Å². The third kappa shape index (κ3) is 6.42. The van der Waals surface area contributed by atoms with E-state index < -0.39 is 17.7 Å². The van der Waals surface area contributed by atoms with Gasteiger partial charge < -0.3 is 19.9 Å². The number of hydrogen-bond acceptors (Lipinski definition) is 3. The SMILES string of the molecule is CCc1c(CCC[C@H](NC(=O)O)C(=O)N2CCC(CC)CC2)ncn1C(c1ccccc1)(c1ccccc1)c1ccccc1. The van der Waals surface area contributed by atoms with Gasteiger partial charge in [0.1, 0.15) is 11.6 Å². The molecule has 1 aliphatic heterocycles. The molecule has 0 aliphatic carbocycles. The van der Waals surface area contributed by atoms with E-state index in [2.05, 4.69) is 96.5 Å². The molecule has 7 nitrogen and oxygen atoms in total. The van der Waals surface area contributed by atoms with Gasteiger partial charge in [0, 0.05) is 18.8 Å². The Morgan fingerprint density at radius 1 is 0.886 bits per heavy atom. The Kier molecular flexibility index (Phi) is 10.2. The highest BCUT2D eigenvalue weighted by atomic mass is 16.4. The van der Waals surface area contributed by atoms with Crippen LogP contribution in [0.1, 0.15) is 74.0 Å². The van der Waals surface area contributed by atoms with Gasteiger partial charge in [-0.15, -0.1) is 0 Å². The van der Waals surface area contributed by atoms with Crippen molar-refractivity contribution in [1.29, 1.82) is 0 Å². The van der Waals surface area contributed by atoms with Gasteiger partial charge in [0.2, 0.25) is 5.91 Å². The summed E-state index contributed by atoms with van der Waals surface area (Å²) in [6.07, 6.45) is 6.35. The lowest BCUT2D eigenvalue weighted by Gasteiger charge is -2.38. The molecule has 230 valence electrons. The molecule has 0 unspecified atom stereocenters. The quantitative estimate of drug-likeness (QED) is 0.175. The van der Waals surface area contributed by atoms with Crippen LogP contribution in [0, 0.1) is 5.92 Å². The zero-order valence-electron chi connectivity index (χ0n) is 25.9. The lowest BCUT2D eigenvalue weighted by Crippen LogP contribution is -2.50. The van der Waals surface area contributed by atoms with E-state index in [1.165, 1.54) is 0 Å². The second kappa shape index (κ2) is 14.4. The van der Waals surface area contributed by atoms with E-state index in [1.54, 1.807) is 0 Å². The molecular weight excluding hydrogens is 548 g/mol. The molecule has 44 heavy (non-hydrogen) atoms. The van der Waals surface area contributed by atoms with Crippen LogP contribution in [0.4, 0.5) is 4.79 Å². The summed E-state index contributed by atoms with van der Waals surface area (Å²) in [5, 5.41) is 12.0. The molecular formula is C37H44N4O3. The third-order valence-electron chi connectivity index (χ3n) is 9.23. The average Bonchev–Trinajstić information content (AvgIpc) is 3.48. The Hall–Kier alpha value is -4.39. The van der Waals surface area contributed by atoms with Gasteiger partial charge in [-0.2, -0.15) is 0 Å². The van der Waals surface area contributed by atoms with Gasteiger partial charge in [-0.25, -0.2) is 9.78 Å². The number of benzene rings is 3. The van der Waals surface area contributed by atoms with Crippen LogP contribution in [0.15, 0.2) is 97.3 Å². The Bertz CT molecular complexity index is 1400. The maximum atomic E-state index is 13.4. The molecule has 4 aromatic rings. The lowest BCUT2D eigenvalue weighted by atomic mass is 9.76. The highest BCUT2D eigenvalue weighted by Gasteiger charge is 2.40. The first-order valence-electron chi connectivity index (χ1n) is 16.0. The topological polar surface area (TPSA) is 87.5 Å². The van der Waals surface area contributed by atoms with Gasteiger partial charge in [0.25, 0.3) is 0 Å². The predicted octanol–water partition coefficient (Wildman–Crippen LogP) is 6.89. The number of imidazole rings is 1. The van der Waals surface area contributed by atoms with Crippen LogP contribution in [0.5, 0.6) is 0 Å². The minimum atomic E-state index is -1.16. The number of carboxylic acid groups (broad SMARTS) is 1. The molecule has 1 atom stereocenters. The Morgan fingerprint density at radius 3 is 1.86 bits per heavy atom. The van der Waals surface area contributed by atoms with Crippen molar-refractivity contribution < 1.29 is 14.7 Å². The minimum Gasteiger partial charge on any atom is -0.465 e. The number of amides is 2. The summed E-state index contributed by atoms with van der Waals surface area (Å²) in [7, 11) is 0. The predicted molar refractivity (Wildman–Crippen MR) is 174 cm³/mol. The van der Waals surface area contributed by atoms with E-state index in [0.29, 0.717) is 38.3 Å². The molecule has 7 heteroatoms. The number of hydrogen-bond donors (Lipinski definition) is 2. The first-order chi connectivity index (χ1) is 21.5. The molecule has 2 amide bonds. The molecule has 5 rings (SSSR count). The van der Waals surface area contributed by atoms with Crippen molar-refractivity contribution in [3.63, 3.8) is 0 Å². The molecule has 0 bridgehead atoms. The number of piperidine rings is 1. The van der Waals surface area contributed by atoms with Gasteiger partial charge in [0.15, 0.2) is 0 Å². The first-order valence-corrected chi connectivity index (χ1v) is 16.0. The summed E-state index contributed by atoms with van der Waals surface area (Å²) >= 11 is 0. The highest BCUT2D eigenvalue weighted by Crippen LogP contribution is 2.42. The fraction of sp³-hybridized carbons (Fsp3) is 0.378. The molecule has 2 heterocycles. The zero-order valence-corrected chi connectivity index (χ0v) is 25.9. The second-order valence-electron chi connectivity index (χ2n) is 11.7. The lowest BCUT2D eigenvalue weighted by molar-refractivity contribution is -0.135. The number of carbonyl (C=O) groups excluding carboxylic acids is 1. The fourth-order valence-corrected chi connectivity index (χ4v) is 6.90. The average molecular weight is 593 g/mol. The third-order valence-corrected chi connectivity index (χ3v) is 9.23. The van der Waals surface area contributed by atoms with Crippen molar-refractivity contribution in [3.8, 4) is 0 Å². The van der Waals surface area contributed by atoms with Crippen LogP contribution in [0.2, 0.25) is 0 Å². The summed E-state index contributed by atoms with van der Waals surface area (Å²) < 4.78 is 2.32. The molecule has 0 spiro atoms. The van der Waals surface area contributed by atoms with Crippen molar-refractivity contribution in [2.75, 3.05) is 13.1 Å². The Balaban J connectivity index is 1.46. The van der Waals surface area contributed by atoms with E-state index in [0.717, 1.165) is 53.8 Å². The first kappa shape index (κ1) is 31.0. The summed E-state index contributed by atoms with van der Waals surface area (Å²) in [4.78, 5) is 31.8. The number of nitrogens with zero attached hydrogens (tertiary/aromatic N) is 3.